The molecular formula is C18H18ClN3O3. The monoisotopic (exact) mass is 359 g/mol. The van der Waals surface area contributed by atoms with Crippen LogP contribution < -0.4 is 25.3 Å². The number of nitrogens with zero attached hydrogens (tertiary/aromatic N) is 1. The number of nitrogens with two attached hydrogens (primary N) is 1. The summed E-state index contributed by atoms with van der Waals surface area (Å²) in [5, 5.41) is 3.71. The SMILES string of the molecule is NC(=NC1COc2cccc(Cl)c21)Nc1ccc2c(c1)OCCCO2. The molecule has 1 atom stereocenters. The van der Waals surface area contributed by atoms with Crippen molar-refractivity contribution in [3.05, 3.63) is 47.0 Å². The molecule has 0 aliphatic carbocycles. The molecular weight excluding hydrogens is 342 g/mol. The van der Waals surface area contributed by atoms with Crippen molar-refractivity contribution >= 4 is 23.2 Å². The van der Waals surface area contributed by atoms with Gasteiger partial charge in [-0.3, -0.25) is 0 Å². The summed E-state index contributed by atoms with van der Waals surface area (Å²) in [7, 11) is 0. The molecule has 4 rings (SSSR count). The highest BCUT2D eigenvalue weighted by molar-refractivity contribution is 6.31. The molecule has 0 fully saturated rings. The van der Waals surface area contributed by atoms with E-state index in [-0.39, 0.29) is 12.0 Å². The van der Waals surface area contributed by atoms with E-state index < -0.39 is 0 Å². The molecule has 3 N–H and O–H groups in total. The van der Waals surface area contributed by atoms with Crippen molar-refractivity contribution in [1.82, 2.24) is 0 Å². The largest absolute Gasteiger partial charge is 0.491 e. The molecule has 130 valence electrons. The minimum atomic E-state index is -0.225. The highest BCUT2D eigenvalue weighted by Gasteiger charge is 2.26. The van der Waals surface area contributed by atoms with Gasteiger partial charge >= 0.3 is 0 Å². The van der Waals surface area contributed by atoms with Crippen LogP contribution in [0.3, 0.4) is 0 Å². The second-order valence-corrected chi connectivity index (χ2v) is 6.24. The minimum absolute atomic E-state index is 0.225. The molecule has 25 heavy (non-hydrogen) atoms. The second kappa shape index (κ2) is 6.72. The maximum absolute atomic E-state index is 6.26. The smallest absolute Gasteiger partial charge is 0.193 e. The summed E-state index contributed by atoms with van der Waals surface area (Å²) in [5.41, 5.74) is 7.72. The van der Waals surface area contributed by atoms with Crippen LogP contribution in [0.1, 0.15) is 18.0 Å². The number of hydrogen-bond donors (Lipinski definition) is 2. The van der Waals surface area contributed by atoms with E-state index in [1.54, 1.807) is 0 Å². The maximum atomic E-state index is 6.26. The van der Waals surface area contributed by atoms with Crippen LogP contribution in [0.2, 0.25) is 5.02 Å². The molecule has 1 unspecified atom stereocenters. The zero-order valence-electron chi connectivity index (χ0n) is 13.5. The number of fused-ring (bicyclic) bond motifs is 2. The van der Waals surface area contributed by atoms with Crippen LogP contribution in [0.15, 0.2) is 41.4 Å². The first kappa shape index (κ1) is 15.9. The topological polar surface area (TPSA) is 78.1 Å². The number of nitrogens with one attached hydrogen (secondary N) is 1. The molecule has 0 radical (unpaired) electrons. The number of benzene rings is 2. The van der Waals surface area contributed by atoms with Gasteiger partial charge in [-0.15, -0.1) is 0 Å². The van der Waals surface area contributed by atoms with Gasteiger partial charge in [0.25, 0.3) is 0 Å². The third-order valence-electron chi connectivity index (χ3n) is 4.06. The number of anilines is 1. The molecule has 2 aliphatic heterocycles. The van der Waals surface area contributed by atoms with E-state index >= 15 is 0 Å². The standard InChI is InChI=1S/C18H18ClN3O3/c19-12-3-1-4-15-17(12)13(10-25-15)22-18(20)21-11-5-6-14-16(9-11)24-8-2-7-23-14/h1,3-6,9,13H,2,7-8,10H2,(H3,20,21,22). The highest BCUT2D eigenvalue weighted by Crippen LogP contribution is 2.39. The second-order valence-electron chi connectivity index (χ2n) is 5.83. The average molecular weight is 360 g/mol. The Morgan fingerprint density at radius 3 is 2.80 bits per heavy atom. The Morgan fingerprint density at radius 1 is 1.08 bits per heavy atom. The van der Waals surface area contributed by atoms with Crippen LogP contribution in [0, 0.1) is 0 Å². The van der Waals surface area contributed by atoms with Crippen molar-refractivity contribution in [2.75, 3.05) is 25.1 Å². The van der Waals surface area contributed by atoms with Crippen LogP contribution in [-0.2, 0) is 0 Å². The predicted octanol–water partition coefficient (Wildman–Crippen LogP) is 3.36. The van der Waals surface area contributed by atoms with Crippen LogP contribution in [0.25, 0.3) is 0 Å². The lowest BCUT2D eigenvalue weighted by Crippen LogP contribution is -2.24. The van der Waals surface area contributed by atoms with Gasteiger partial charge in [-0.1, -0.05) is 17.7 Å². The number of rotatable bonds is 2. The lowest BCUT2D eigenvalue weighted by molar-refractivity contribution is 0.297. The molecule has 0 aromatic heterocycles. The van der Waals surface area contributed by atoms with Gasteiger partial charge in [0, 0.05) is 28.8 Å². The number of hydrogen-bond acceptors (Lipinski definition) is 4. The Labute approximate surface area is 150 Å². The number of halogens is 1. The third-order valence-corrected chi connectivity index (χ3v) is 4.39. The van der Waals surface area contributed by atoms with E-state index in [1.165, 1.54) is 0 Å². The van der Waals surface area contributed by atoms with Gasteiger partial charge in [0.05, 0.1) is 13.2 Å². The Bertz CT molecular complexity index is 825. The first-order valence-corrected chi connectivity index (χ1v) is 8.49. The fourth-order valence-electron chi connectivity index (χ4n) is 2.91. The van der Waals surface area contributed by atoms with Gasteiger partial charge in [-0.05, 0) is 24.3 Å². The molecule has 0 amide bonds. The Balaban J connectivity index is 1.52. The van der Waals surface area contributed by atoms with Crippen molar-refractivity contribution in [3.63, 3.8) is 0 Å². The van der Waals surface area contributed by atoms with E-state index in [0.29, 0.717) is 30.6 Å². The molecule has 2 heterocycles. The van der Waals surface area contributed by atoms with Crippen LogP contribution in [0.5, 0.6) is 17.2 Å². The molecule has 6 nitrogen and oxygen atoms in total. The summed E-state index contributed by atoms with van der Waals surface area (Å²) in [5.74, 6) is 2.48. The Kier molecular flexibility index (Phi) is 4.28. The molecule has 2 aliphatic rings. The molecule has 0 spiro atoms. The predicted molar refractivity (Wildman–Crippen MR) is 97.0 cm³/mol. The molecule has 2 aromatic carbocycles. The molecule has 0 saturated heterocycles. The van der Waals surface area contributed by atoms with Crippen molar-refractivity contribution in [2.45, 2.75) is 12.5 Å². The van der Waals surface area contributed by atoms with E-state index in [9.17, 15) is 0 Å². The third kappa shape index (κ3) is 3.30. The number of guanidine groups is 1. The minimum Gasteiger partial charge on any atom is -0.491 e. The van der Waals surface area contributed by atoms with Crippen LogP contribution >= 0.6 is 11.6 Å². The fourth-order valence-corrected chi connectivity index (χ4v) is 3.20. The van der Waals surface area contributed by atoms with Crippen molar-refractivity contribution in [2.24, 2.45) is 10.7 Å². The normalized spacial score (nSPS) is 18.9. The van der Waals surface area contributed by atoms with Gasteiger partial charge in [-0.25, -0.2) is 4.99 Å². The first-order valence-electron chi connectivity index (χ1n) is 8.12. The summed E-state index contributed by atoms with van der Waals surface area (Å²) in [6.45, 7) is 1.71. The summed E-state index contributed by atoms with van der Waals surface area (Å²) in [6.07, 6.45) is 0.864. The lowest BCUT2D eigenvalue weighted by Gasteiger charge is -2.12. The Morgan fingerprint density at radius 2 is 1.92 bits per heavy atom. The maximum Gasteiger partial charge on any atom is 0.193 e. The number of aliphatic imine (C=N–C) groups is 1. The Hall–Kier alpha value is -2.60. The lowest BCUT2D eigenvalue weighted by atomic mass is 10.1. The van der Waals surface area contributed by atoms with Gasteiger partial charge in [0.15, 0.2) is 17.5 Å². The van der Waals surface area contributed by atoms with Crippen molar-refractivity contribution < 1.29 is 14.2 Å². The van der Waals surface area contributed by atoms with E-state index in [1.807, 2.05) is 36.4 Å². The summed E-state index contributed by atoms with van der Waals surface area (Å²) in [4.78, 5) is 4.51. The first-order chi connectivity index (χ1) is 12.2. The quantitative estimate of drug-likeness (QED) is 0.635. The summed E-state index contributed by atoms with van der Waals surface area (Å²) < 4.78 is 16.9. The molecule has 0 saturated carbocycles. The zero-order chi connectivity index (χ0) is 17.2. The van der Waals surface area contributed by atoms with E-state index in [4.69, 9.17) is 31.5 Å². The summed E-state index contributed by atoms with van der Waals surface area (Å²) >= 11 is 6.26. The van der Waals surface area contributed by atoms with Gasteiger partial charge in [0.1, 0.15) is 18.4 Å². The zero-order valence-corrected chi connectivity index (χ0v) is 14.3. The summed E-state index contributed by atoms with van der Waals surface area (Å²) in [6, 6.07) is 10.9. The average Bonchev–Trinajstić information content (AvgIpc) is 2.86. The highest BCUT2D eigenvalue weighted by atomic mass is 35.5. The van der Waals surface area contributed by atoms with Gasteiger partial charge < -0.3 is 25.3 Å². The molecule has 0 bridgehead atoms. The molecule has 2 aromatic rings. The van der Waals surface area contributed by atoms with E-state index in [2.05, 4.69) is 10.3 Å². The van der Waals surface area contributed by atoms with E-state index in [0.717, 1.165) is 29.2 Å². The van der Waals surface area contributed by atoms with Gasteiger partial charge in [0.2, 0.25) is 0 Å². The molecule has 7 heteroatoms. The van der Waals surface area contributed by atoms with Crippen molar-refractivity contribution in [1.29, 1.82) is 0 Å². The fraction of sp³-hybridized carbons (Fsp3) is 0.278. The number of ether oxygens (including phenoxy) is 3. The van der Waals surface area contributed by atoms with Crippen LogP contribution in [0.4, 0.5) is 5.69 Å². The van der Waals surface area contributed by atoms with Gasteiger partial charge in [-0.2, -0.15) is 0 Å². The van der Waals surface area contributed by atoms with Crippen LogP contribution in [-0.4, -0.2) is 25.8 Å². The van der Waals surface area contributed by atoms with Crippen molar-refractivity contribution in [3.8, 4) is 17.2 Å².